The molecule has 1 amide bonds. The summed E-state index contributed by atoms with van der Waals surface area (Å²) in [5.74, 6) is 2.29. The van der Waals surface area contributed by atoms with E-state index in [9.17, 15) is 4.79 Å². The number of rotatable bonds is 7. The van der Waals surface area contributed by atoms with Gasteiger partial charge in [-0.25, -0.2) is 0 Å². The molecular formula is C22H21NO4S. The Kier molecular flexibility index (Phi) is 5.48. The fourth-order valence-corrected chi connectivity index (χ4v) is 3.86. The van der Waals surface area contributed by atoms with E-state index in [1.165, 1.54) is 11.3 Å². The number of benzene rings is 2. The monoisotopic (exact) mass is 395 g/mol. The number of thiophene rings is 1. The summed E-state index contributed by atoms with van der Waals surface area (Å²) in [6.45, 7) is 0.253. The van der Waals surface area contributed by atoms with Crippen LogP contribution in [0.15, 0.2) is 60.0 Å². The van der Waals surface area contributed by atoms with E-state index >= 15 is 0 Å². The second-order valence-corrected chi connectivity index (χ2v) is 7.54. The summed E-state index contributed by atoms with van der Waals surface area (Å²) in [6, 6.07) is 17.5. The number of amides is 1. The largest absolute Gasteiger partial charge is 0.497 e. The van der Waals surface area contributed by atoms with Gasteiger partial charge in [-0.05, 0) is 59.7 Å². The molecule has 1 aromatic heterocycles. The molecule has 1 aliphatic heterocycles. The van der Waals surface area contributed by atoms with Crippen LogP contribution in [0.3, 0.4) is 0 Å². The van der Waals surface area contributed by atoms with Gasteiger partial charge in [0.15, 0.2) is 11.5 Å². The maximum atomic E-state index is 12.6. The highest BCUT2D eigenvalue weighted by Gasteiger charge is 2.19. The van der Waals surface area contributed by atoms with Gasteiger partial charge < -0.3 is 19.5 Å². The minimum absolute atomic E-state index is 0.0470. The smallest absolute Gasteiger partial charge is 0.261 e. The summed E-state index contributed by atoms with van der Waals surface area (Å²) in [5, 5.41) is 5.09. The first-order valence-electron chi connectivity index (χ1n) is 9.07. The SMILES string of the molecule is COc1ccc(C[C@H](Cc2ccc3c(c2)OCO3)NC(=O)c2cccs2)cc1. The normalized spacial score (nSPS) is 13.2. The summed E-state index contributed by atoms with van der Waals surface area (Å²) in [6.07, 6.45) is 1.41. The Balaban J connectivity index is 1.52. The van der Waals surface area contributed by atoms with Gasteiger partial charge in [-0.3, -0.25) is 4.79 Å². The first-order chi connectivity index (χ1) is 13.7. The van der Waals surface area contributed by atoms with Crippen LogP contribution < -0.4 is 19.5 Å². The molecule has 0 spiro atoms. The Hall–Kier alpha value is -2.99. The molecule has 0 bridgehead atoms. The maximum Gasteiger partial charge on any atom is 0.261 e. The number of fused-ring (bicyclic) bond motifs is 1. The van der Waals surface area contributed by atoms with Gasteiger partial charge in [0.2, 0.25) is 6.79 Å². The lowest BCUT2D eigenvalue weighted by Crippen LogP contribution is -2.37. The van der Waals surface area contributed by atoms with Gasteiger partial charge in [0.05, 0.1) is 12.0 Å². The van der Waals surface area contributed by atoms with Gasteiger partial charge in [-0.15, -0.1) is 11.3 Å². The van der Waals surface area contributed by atoms with Crippen LogP contribution in [0.4, 0.5) is 0 Å². The predicted molar refractivity (Wildman–Crippen MR) is 109 cm³/mol. The summed E-state index contributed by atoms with van der Waals surface area (Å²) in [5.41, 5.74) is 2.23. The van der Waals surface area contributed by atoms with Crippen molar-refractivity contribution < 1.29 is 19.0 Å². The van der Waals surface area contributed by atoms with Gasteiger partial charge in [-0.1, -0.05) is 24.3 Å². The van der Waals surface area contributed by atoms with Crippen LogP contribution >= 0.6 is 11.3 Å². The average Bonchev–Trinajstić information content (AvgIpc) is 3.40. The summed E-state index contributed by atoms with van der Waals surface area (Å²) in [7, 11) is 1.65. The van der Waals surface area contributed by atoms with Crippen LogP contribution in [0.25, 0.3) is 0 Å². The fourth-order valence-electron chi connectivity index (χ4n) is 3.24. The minimum Gasteiger partial charge on any atom is -0.497 e. The molecule has 0 fully saturated rings. The van der Waals surface area contributed by atoms with Crippen molar-refractivity contribution >= 4 is 17.2 Å². The van der Waals surface area contributed by atoms with Crippen molar-refractivity contribution in [3.05, 3.63) is 76.0 Å². The van der Waals surface area contributed by atoms with E-state index in [0.717, 1.165) is 34.8 Å². The summed E-state index contributed by atoms with van der Waals surface area (Å²) < 4.78 is 16.1. The topological polar surface area (TPSA) is 56.8 Å². The standard InChI is InChI=1S/C22H21NO4S/c1-25-18-7-4-15(5-8-18)11-17(23-22(24)21-3-2-10-28-21)12-16-6-9-19-20(13-16)27-14-26-19/h2-10,13,17H,11-12,14H2,1H3,(H,23,24)/t17-/m1/s1. The first-order valence-corrected chi connectivity index (χ1v) is 9.95. The summed E-state index contributed by atoms with van der Waals surface area (Å²) in [4.78, 5) is 13.3. The highest BCUT2D eigenvalue weighted by molar-refractivity contribution is 7.12. The van der Waals surface area contributed by atoms with E-state index in [1.54, 1.807) is 7.11 Å². The van der Waals surface area contributed by atoms with Crippen molar-refractivity contribution in [2.24, 2.45) is 0 Å². The molecule has 5 nitrogen and oxygen atoms in total. The van der Waals surface area contributed by atoms with Gasteiger partial charge in [0.1, 0.15) is 5.75 Å². The Morgan fingerprint density at radius 1 is 1.07 bits per heavy atom. The number of nitrogens with one attached hydrogen (secondary N) is 1. The molecule has 0 unspecified atom stereocenters. The van der Waals surface area contributed by atoms with Crippen molar-refractivity contribution in [2.45, 2.75) is 18.9 Å². The zero-order chi connectivity index (χ0) is 19.3. The van der Waals surface area contributed by atoms with E-state index in [2.05, 4.69) is 5.32 Å². The number of hydrogen-bond donors (Lipinski definition) is 1. The quantitative estimate of drug-likeness (QED) is 0.655. The van der Waals surface area contributed by atoms with Crippen LogP contribution in [-0.4, -0.2) is 25.9 Å². The van der Waals surface area contributed by atoms with E-state index in [1.807, 2.05) is 60.0 Å². The number of methoxy groups -OCH3 is 1. The van der Waals surface area contributed by atoms with Crippen LogP contribution in [0.5, 0.6) is 17.2 Å². The molecule has 2 heterocycles. The molecule has 6 heteroatoms. The number of carbonyl (C=O) groups is 1. The maximum absolute atomic E-state index is 12.6. The lowest BCUT2D eigenvalue weighted by Gasteiger charge is -2.19. The molecule has 1 aliphatic rings. The van der Waals surface area contributed by atoms with Gasteiger partial charge in [0.25, 0.3) is 5.91 Å². The van der Waals surface area contributed by atoms with E-state index in [0.29, 0.717) is 11.3 Å². The van der Waals surface area contributed by atoms with Crippen LogP contribution in [0.2, 0.25) is 0 Å². The van der Waals surface area contributed by atoms with Crippen molar-refractivity contribution in [3.63, 3.8) is 0 Å². The average molecular weight is 395 g/mol. The zero-order valence-electron chi connectivity index (χ0n) is 15.5. The highest BCUT2D eigenvalue weighted by atomic mass is 32.1. The van der Waals surface area contributed by atoms with Crippen LogP contribution in [0.1, 0.15) is 20.8 Å². The Morgan fingerprint density at radius 2 is 1.82 bits per heavy atom. The molecule has 4 rings (SSSR count). The van der Waals surface area contributed by atoms with Gasteiger partial charge >= 0.3 is 0 Å². The molecule has 0 aliphatic carbocycles. The van der Waals surface area contributed by atoms with E-state index < -0.39 is 0 Å². The molecular weight excluding hydrogens is 374 g/mol. The lowest BCUT2D eigenvalue weighted by atomic mass is 9.98. The number of ether oxygens (including phenoxy) is 3. The van der Waals surface area contributed by atoms with E-state index in [-0.39, 0.29) is 18.7 Å². The predicted octanol–water partition coefficient (Wildman–Crippen LogP) is 4.07. The number of carbonyl (C=O) groups excluding carboxylic acids is 1. The molecule has 0 radical (unpaired) electrons. The second kappa shape index (κ2) is 8.35. The molecule has 0 saturated carbocycles. The summed E-state index contributed by atoms with van der Waals surface area (Å²) >= 11 is 1.44. The van der Waals surface area contributed by atoms with Crippen molar-refractivity contribution in [3.8, 4) is 17.2 Å². The third-order valence-electron chi connectivity index (χ3n) is 4.64. The fraction of sp³-hybridized carbons (Fsp3) is 0.227. The van der Waals surface area contributed by atoms with Crippen molar-refractivity contribution in [2.75, 3.05) is 13.9 Å². The van der Waals surface area contributed by atoms with Gasteiger partial charge in [-0.2, -0.15) is 0 Å². The molecule has 0 saturated heterocycles. The molecule has 28 heavy (non-hydrogen) atoms. The molecule has 144 valence electrons. The highest BCUT2D eigenvalue weighted by Crippen LogP contribution is 2.33. The number of hydrogen-bond acceptors (Lipinski definition) is 5. The Bertz CT molecular complexity index is 938. The zero-order valence-corrected chi connectivity index (χ0v) is 16.3. The Labute approximate surface area is 167 Å². The van der Waals surface area contributed by atoms with E-state index in [4.69, 9.17) is 14.2 Å². The molecule has 3 aromatic rings. The van der Waals surface area contributed by atoms with Crippen molar-refractivity contribution in [1.29, 1.82) is 0 Å². The molecule has 1 N–H and O–H groups in total. The second-order valence-electron chi connectivity index (χ2n) is 6.59. The Morgan fingerprint density at radius 3 is 2.57 bits per heavy atom. The van der Waals surface area contributed by atoms with Gasteiger partial charge in [0, 0.05) is 6.04 Å². The third-order valence-corrected chi connectivity index (χ3v) is 5.51. The third kappa shape index (κ3) is 4.28. The van der Waals surface area contributed by atoms with Crippen LogP contribution in [-0.2, 0) is 12.8 Å². The minimum atomic E-state index is -0.0524. The molecule has 2 aromatic carbocycles. The lowest BCUT2D eigenvalue weighted by molar-refractivity contribution is 0.0941. The first kappa shape index (κ1) is 18.4. The molecule has 1 atom stereocenters. The van der Waals surface area contributed by atoms with Crippen LogP contribution in [0, 0.1) is 0 Å². The van der Waals surface area contributed by atoms with Crippen molar-refractivity contribution in [1.82, 2.24) is 5.32 Å².